The van der Waals surface area contributed by atoms with Crippen LogP contribution in [0.5, 0.6) is 0 Å². The van der Waals surface area contributed by atoms with Crippen molar-refractivity contribution in [2.45, 2.75) is 110 Å². The highest BCUT2D eigenvalue weighted by molar-refractivity contribution is 5.78. The molecule has 0 aromatic carbocycles. The first-order valence-electron chi connectivity index (χ1n) is 13.7. The lowest BCUT2D eigenvalue weighted by molar-refractivity contribution is -0.122. The summed E-state index contributed by atoms with van der Waals surface area (Å²) < 4.78 is 17.1. The Morgan fingerprint density at radius 1 is 0.629 bits per heavy atom. The maximum atomic E-state index is 11.9. The zero-order chi connectivity index (χ0) is 26.2. The molecule has 35 heavy (non-hydrogen) atoms. The molecular formula is C27H52N2O6. The van der Waals surface area contributed by atoms with E-state index in [9.17, 15) is 14.4 Å². The second-order valence-electron chi connectivity index (χ2n) is 9.47. The van der Waals surface area contributed by atoms with Crippen molar-refractivity contribution in [3.63, 3.8) is 0 Å². The van der Waals surface area contributed by atoms with Crippen LogP contribution in [-0.2, 0) is 28.6 Å². The molecule has 0 rings (SSSR count). The number of nitrogens with two attached hydrogens (primary N) is 1. The number of ether oxygens (including phenoxy) is 3. The minimum absolute atomic E-state index is 0.0447. The topological polar surface area (TPSA) is 117 Å². The maximum Gasteiger partial charge on any atom is 0.222 e. The van der Waals surface area contributed by atoms with E-state index >= 15 is 0 Å². The number of Topliss-reactive ketones (excluding diaryl/α,β-unsaturated/α-hetero) is 2. The van der Waals surface area contributed by atoms with Crippen molar-refractivity contribution in [1.29, 1.82) is 0 Å². The van der Waals surface area contributed by atoms with E-state index in [1.165, 1.54) is 0 Å². The summed E-state index contributed by atoms with van der Waals surface area (Å²) in [5.74, 6) is 0.352. The van der Waals surface area contributed by atoms with Crippen molar-refractivity contribution >= 4 is 17.5 Å². The molecule has 8 nitrogen and oxygen atoms in total. The largest absolute Gasteiger partial charge is 0.379 e. The van der Waals surface area contributed by atoms with E-state index in [2.05, 4.69) is 26.1 Å². The van der Waals surface area contributed by atoms with Crippen LogP contribution in [0.15, 0.2) is 0 Å². The van der Waals surface area contributed by atoms with Gasteiger partial charge in [0.2, 0.25) is 5.91 Å². The van der Waals surface area contributed by atoms with Gasteiger partial charge in [-0.25, -0.2) is 0 Å². The van der Waals surface area contributed by atoms with Crippen molar-refractivity contribution in [2.24, 2.45) is 5.73 Å². The lowest BCUT2D eigenvalue weighted by Crippen LogP contribution is -2.53. The van der Waals surface area contributed by atoms with Crippen LogP contribution in [0.3, 0.4) is 0 Å². The summed E-state index contributed by atoms with van der Waals surface area (Å²) in [7, 11) is 0. The molecule has 0 atom stereocenters. The fourth-order valence-corrected chi connectivity index (χ4v) is 3.38. The quantitative estimate of drug-likeness (QED) is 0.172. The van der Waals surface area contributed by atoms with Gasteiger partial charge in [0.1, 0.15) is 11.6 Å². The third kappa shape index (κ3) is 21.6. The van der Waals surface area contributed by atoms with Gasteiger partial charge >= 0.3 is 0 Å². The predicted octanol–water partition coefficient (Wildman–Crippen LogP) is 4.12. The van der Waals surface area contributed by atoms with E-state index in [0.29, 0.717) is 45.4 Å². The summed E-state index contributed by atoms with van der Waals surface area (Å²) in [4.78, 5) is 35.7. The Bertz CT molecular complexity index is 482. The van der Waals surface area contributed by atoms with E-state index in [0.717, 1.165) is 51.4 Å². The second-order valence-corrected chi connectivity index (χ2v) is 9.47. The minimum Gasteiger partial charge on any atom is -0.379 e. The molecule has 0 aliphatic rings. The average Bonchev–Trinajstić information content (AvgIpc) is 2.83. The first-order chi connectivity index (χ1) is 16.9. The Labute approximate surface area is 213 Å². The van der Waals surface area contributed by atoms with Gasteiger partial charge in [0.25, 0.3) is 0 Å². The number of nitrogens with one attached hydrogen (secondary N) is 1. The van der Waals surface area contributed by atoms with Gasteiger partial charge in [-0.15, -0.1) is 0 Å². The Hall–Kier alpha value is -1.35. The molecule has 0 heterocycles. The summed E-state index contributed by atoms with van der Waals surface area (Å²) in [5, 5.41) is 2.86. The number of carbonyl (C=O) groups excluding carboxylic acids is 3. The number of unbranched alkanes of at least 4 members (excludes halogenated alkanes) is 5. The molecule has 0 unspecified atom stereocenters. The van der Waals surface area contributed by atoms with Crippen molar-refractivity contribution in [3.05, 3.63) is 0 Å². The summed E-state index contributed by atoms with van der Waals surface area (Å²) >= 11 is 0. The van der Waals surface area contributed by atoms with Crippen LogP contribution < -0.4 is 11.1 Å². The van der Waals surface area contributed by atoms with Gasteiger partial charge in [-0.3, -0.25) is 14.4 Å². The van der Waals surface area contributed by atoms with E-state index in [1.54, 1.807) is 0 Å². The monoisotopic (exact) mass is 500 g/mol. The lowest BCUT2D eigenvalue weighted by atomic mass is 10.1. The average molecular weight is 501 g/mol. The van der Waals surface area contributed by atoms with Gasteiger partial charge in [0.05, 0.1) is 45.2 Å². The summed E-state index contributed by atoms with van der Waals surface area (Å²) in [6, 6.07) is 0. The predicted molar refractivity (Wildman–Crippen MR) is 139 cm³/mol. The molecule has 0 saturated heterocycles. The summed E-state index contributed by atoms with van der Waals surface area (Å²) in [5.41, 5.74) is 5.58. The fourth-order valence-electron chi connectivity index (χ4n) is 3.38. The number of hydrogen-bond donors (Lipinski definition) is 2. The zero-order valence-corrected chi connectivity index (χ0v) is 22.7. The number of amides is 1. The highest BCUT2D eigenvalue weighted by Gasteiger charge is 2.27. The van der Waals surface area contributed by atoms with Crippen LogP contribution in [0.4, 0.5) is 0 Å². The van der Waals surface area contributed by atoms with E-state index < -0.39 is 5.54 Å². The minimum atomic E-state index is -0.921. The maximum absolute atomic E-state index is 11.9. The van der Waals surface area contributed by atoms with Crippen LogP contribution in [0.25, 0.3) is 0 Å². The molecule has 0 aliphatic heterocycles. The van der Waals surface area contributed by atoms with Gasteiger partial charge in [-0.1, -0.05) is 52.9 Å². The molecule has 8 heteroatoms. The van der Waals surface area contributed by atoms with Crippen molar-refractivity contribution in [3.8, 4) is 0 Å². The van der Waals surface area contributed by atoms with Gasteiger partial charge < -0.3 is 25.3 Å². The summed E-state index contributed by atoms with van der Waals surface area (Å²) in [6.45, 7) is 8.33. The summed E-state index contributed by atoms with van der Waals surface area (Å²) in [6.07, 6.45) is 10.3. The van der Waals surface area contributed by atoms with Gasteiger partial charge in [-0.2, -0.15) is 0 Å². The van der Waals surface area contributed by atoms with Crippen LogP contribution in [0.2, 0.25) is 0 Å². The molecule has 0 fully saturated rings. The molecule has 0 aromatic heterocycles. The Morgan fingerprint density at radius 3 is 1.49 bits per heavy atom. The van der Waals surface area contributed by atoms with Crippen molar-refractivity contribution in [1.82, 2.24) is 5.32 Å². The van der Waals surface area contributed by atoms with Crippen LogP contribution in [0.1, 0.15) is 104 Å². The second kappa shape index (κ2) is 23.1. The van der Waals surface area contributed by atoms with Crippen LogP contribution >= 0.6 is 0 Å². The molecule has 1 amide bonds. The normalized spacial score (nSPS) is 11.5. The molecule has 0 radical (unpaired) electrons. The van der Waals surface area contributed by atoms with Gasteiger partial charge in [0.15, 0.2) is 0 Å². The van der Waals surface area contributed by atoms with Crippen LogP contribution in [-0.4, -0.2) is 69.2 Å². The molecular weight excluding hydrogens is 448 g/mol. The lowest BCUT2D eigenvalue weighted by Gasteiger charge is -2.29. The Morgan fingerprint density at radius 2 is 1.06 bits per heavy atom. The fraction of sp³-hybridized carbons (Fsp3) is 0.889. The smallest absolute Gasteiger partial charge is 0.222 e. The van der Waals surface area contributed by atoms with Gasteiger partial charge in [-0.05, 0) is 19.3 Å². The molecule has 0 aromatic rings. The van der Waals surface area contributed by atoms with Gasteiger partial charge in [0, 0.05) is 38.6 Å². The molecule has 0 aliphatic carbocycles. The molecule has 0 saturated carbocycles. The number of hydrogen-bond acceptors (Lipinski definition) is 7. The molecule has 0 spiro atoms. The zero-order valence-electron chi connectivity index (χ0n) is 22.7. The third-order valence-corrected chi connectivity index (χ3v) is 5.66. The highest BCUT2D eigenvalue weighted by Crippen LogP contribution is 2.08. The van der Waals surface area contributed by atoms with E-state index in [-0.39, 0.29) is 50.3 Å². The number of carbonyl (C=O) groups is 3. The Balaban J connectivity index is 4.42. The van der Waals surface area contributed by atoms with E-state index in [4.69, 9.17) is 19.9 Å². The first-order valence-corrected chi connectivity index (χ1v) is 13.7. The highest BCUT2D eigenvalue weighted by atomic mass is 16.5. The molecule has 206 valence electrons. The van der Waals surface area contributed by atoms with Crippen LogP contribution in [0, 0.1) is 0 Å². The standard InChI is InChI=1S/C27H52N2O6/c1-4-7-10-12-24(30)14-18-33-21-27(28,22-34-19-15-25(31)13-11-8-5-2)23-35-20-16-26(32)29-17-9-6-3/h4-23,28H2,1-3H3,(H,29,32). The number of ketones is 2. The van der Waals surface area contributed by atoms with Crippen molar-refractivity contribution in [2.75, 3.05) is 46.2 Å². The first kappa shape index (κ1) is 33.7. The number of rotatable bonds is 26. The third-order valence-electron chi connectivity index (χ3n) is 5.66. The molecule has 0 bridgehead atoms. The Kier molecular flexibility index (Phi) is 22.2. The van der Waals surface area contributed by atoms with Crippen molar-refractivity contribution < 1.29 is 28.6 Å². The van der Waals surface area contributed by atoms with E-state index in [1.807, 2.05) is 0 Å². The molecule has 3 N–H and O–H groups in total. The SMILES string of the molecule is CCCCCC(=O)CCOCC(N)(COCCC(=O)CCCCC)COCCC(=O)NCCCC.